The average molecular weight is 277 g/mol. The van der Waals surface area contributed by atoms with Crippen molar-refractivity contribution in [1.29, 1.82) is 0 Å². The van der Waals surface area contributed by atoms with Crippen LogP contribution in [0.2, 0.25) is 0 Å². The van der Waals surface area contributed by atoms with E-state index in [0.717, 1.165) is 22.9 Å². The minimum atomic E-state index is -0.353. The second-order valence-electron chi connectivity index (χ2n) is 4.62. The lowest BCUT2D eigenvalue weighted by molar-refractivity contribution is 0.126. The van der Waals surface area contributed by atoms with Gasteiger partial charge in [-0.3, -0.25) is 0 Å². The quantitative estimate of drug-likeness (QED) is 0.852. The normalized spacial score (nSPS) is 14.1. The van der Waals surface area contributed by atoms with E-state index in [1.807, 2.05) is 37.3 Å². The summed E-state index contributed by atoms with van der Waals surface area (Å²) in [5, 5.41) is 13.8. The summed E-state index contributed by atoms with van der Waals surface area (Å²) in [7, 11) is 0. The van der Waals surface area contributed by atoms with Gasteiger partial charge < -0.3 is 10.4 Å². The first kappa shape index (κ1) is 14.0. The fourth-order valence-electron chi connectivity index (χ4n) is 1.66. The second kappa shape index (κ2) is 6.63. The van der Waals surface area contributed by atoms with Gasteiger partial charge in [-0.1, -0.05) is 50.6 Å². The van der Waals surface area contributed by atoms with Gasteiger partial charge in [-0.05, 0) is 5.92 Å². The number of rotatable bonds is 6. The molecular formula is C14H19N3OS. The van der Waals surface area contributed by atoms with Crippen LogP contribution in [0.15, 0.2) is 30.3 Å². The molecule has 0 fully saturated rings. The van der Waals surface area contributed by atoms with Gasteiger partial charge in [0.15, 0.2) is 5.82 Å². The van der Waals surface area contributed by atoms with E-state index in [1.165, 1.54) is 11.5 Å². The van der Waals surface area contributed by atoms with Crippen LogP contribution in [0.25, 0.3) is 11.4 Å². The van der Waals surface area contributed by atoms with Crippen molar-refractivity contribution in [2.45, 2.75) is 26.4 Å². The highest BCUT2D eigenvalue weighted by Gasteiger charge is 2.13. The van der Waals surface area contributed by atoms with Gasteiger partial charge in [0.25, 0.3) is 0 Å². The maximum Gasteiger partial charge on any atom is 0.202 e. The highest BCUT2D eigenvalue weighted by molar-refractivity contribution is 7.09. The summed E-state index contributed by atoms with van der Waals surface area (Å²) in [6, 6.07) is 9.88. The Bertz CT molecular complexity index is 500. The molecule has 0 saturated carbocycles. The zero-order valence-corrected chi connectivity index (χ0v) is 12.0. The van der Waals surface area contributed by atoms with Crippen LogP contribution in [0.3, 0.4) is 0 Å². The number of nitrogens with one attached hydrogen (secondary N) is 1. The molecule has 102 valence electrons. The Kier molecular flexibility index (Phi) is 4.87. The van der Waals surface area contributed by atoms with Crippen LogP contribution in [0.4, 0.5) is 5.13 Å². The first-order valence-electron chi connectivity index (χ1n) is 6.51. The molecule has 0 aliphatic carbocycles. The van der Waals surface area contributed by atoms with E-state index in [0.29, 0.717) is 6.54 Å². The van der Waals surface area contributed by atoms with E-state index in [-0.39, 0.29) is 12.0 Å². The van der Waals surface area contributed by atoms with Crippen LogP contribution in [0, 0.1) is 5.92 Å². The van der Waals surface area contributed by atoms with E-state index >= 15 is 0 Å². The van der Waals surface area contributed by atoms with Crippen molar-refractivity contribution in [2.24, 2.45) is 5.92 Å². The molecule has 0 radical (unpaired) electrons. The van der Waals surface area contributed by atoms with Crippen molar-refractivity contribution in [3.05, 3.63) is 30.3 Å². The van der Waals surface area contributed by atoms with E-state index in [4.69, 9.17) is 0 Å². The van der Waals surface area contributed by atoms with Crippen molar-refractivity contribution in [3.63, 3.8) is 0 Å². The summed E-state index contributed by atoms with van der Waals surface area (Å²) in [6.07, 6.45) is 0.614. The molecule has 19 heavy (non-hydrogen) atoms. The maximum absolute atomic E-state index is 9.90. The molecule has 1 heterocycles. The summed E-state index contributed by atoms with van der Waals surface area (Å²) in [5.41, 5.74) is 1.01. The molecule has 1 aromatic heterocycles. The van der Waals surface area contributed by atoms with E-state index < -0.39 is 0 Å². The van der Waals surface area contributed by atoms with Gasteiger partial charge in [0, 0.05) is 23.6 Å². The molecule has 2 aromatic rings. The van der Waals surface area contributed by atoms with Crippen molar-refractivity contribution in [3.8, 4) is 11.4 Å². The largest absolute Gasteiger partial charge is 0.391 e. The van der Waals surface area contributed by atoms with Crippen molar-refractivity contribution in [2.75, 3.05) is 11.9 Å². The second-order valence-corrected chi connectivity index (χ2v) is 5.37. The third-order valence-corrected chi connectivity index (χ3v) is 3.89. The molecule has 0 saturated heterocycles. The van der Waals surface area contributed by atoms with Gasteiger partial charge in [-0.25, -0.2) is 0 Å². The molecule has 0 amide bonds. The summed E-state index contributed by atoms with van der Waals surface area (Å²) >= 11 is 1.32. The van der Waals surface area contributed by atoms with Gasteiger partial charge in [0.1, 0.15) is 0 Å². The van der Waals surface area contributed by atoms with Crippen LogP contribution in [0.5, 0.6) is 0 Å². The van der Waals surface area contributed by atoms with Crippen molar-refractivity contribution < 1.29 is 5.11 Å². The van der Waals surface area contributed by atoms with Gasteiger partial charge >= 0.3 is 0 Å². The smallest absolute Gasteiger partial charge is 0.202 e. The number of hydrogen-bond acceptors (Lipinski definition) is 5. The molecule has 5 heteroatoms. The van der Waals surface area contributed by atoms with E-state index in [9.17, 15) is 5.11 Å². The average Bonchev–Trinajstić information content (AvgIpc) is 2.93. The number of aliphatic hydroxyl groups excluding tert-OH is 1. The summed E-state index contributed by atoms with van der Waals surface area (Å²) < 4.78 is 4.32. The number of hydrogen-bond donors (Lipinski definition) is 2. The Hall–Kier alpha value is -1.46. The van der Waals surface area contributed by atoms with Crippen LogP contribution in [0.1, 0.15) is 20.3 Å². The first-order valence-corrected chi connectivity index (χ1v) is 7.29. The zero-order valence-electron chi connectivity index (χ0n) is 11.2. The Morgan fingerprint density at radius 2 is 2.05 bits per heavy atom. The molecule has 1 aromatic carbocycles. The van der Waals surface area contributed by atoms with Crippen LogP contribution in [-0.2, 0) is 0 Å². The lowest BCUT2D eigenvalue weighted by Gasteiger charge is -2.16. The topological polar surface area (TPSA) is 58.0 Å². The first-order chi connectivity index (χ1) is 9.20. The summed E-state index contributed by atoms with van der Waals surface area (Å²) in [6.45, 7) is 4.63. The third-order valence-electron chi connectivity index (χ3n) is 3.22. The highest BCUT2D eigenvalue weighted by atomic mass is 32.1. The summed E-state index contributed by atoms with van der Waals surface area (Å²) in [5.74, 6) is 1.01. The Balaban J connectivity index is 1.95. The van der Waals surface area contributed by atoms with Crippen molar-refractivity contribution in [1.82, 2.24) is 9.36 Å². The predicted molar refractivity (Wildman–Crippen MR) is 79.3 cm³/mol. The number of anilines is 1. The van der Waals surface area contributed by atoms with Crippen LogP contribution in [-0.4, -0.2) is 27.1 Å². The monoisotopic (exact) mass is 277 g/mol. The molecule has 0 spiro atoms. The standard InChI is InChI=1S/C14H19N3OS/c1-3-10(2)12(18)9-15-14-16-13(17-19-14)11-7-5-4-6-8-11/h4-8,10,12,18H,3,9H2,1-2H3,(H,15,16,17). The van der Waals surface area contributed by atoms with Crippen LogP contribution < -0.4 is 5.32 Å². The van der Waals surface area contributed by atoms with Gasteiger partial charge in [0.05, 0.1) is 6.10 Å². The molecule has 4 nitrogen and oxygen atoms in total. The zero-order chi connectivity index (χ0) is 13.7. The molecule has 2 N–H and O–H groups in total. The number of aliphatic hydroxyl groups is 1. The van der Waals surface area contributed by atoms with Gasteiger partial charge in [0.2, 0.25) is 5.13 Å². The van der Waals surface area contributed by atoms with Crippen molar-refractivity contribution >= 4 is 16.7 Å². The fraction of sp³-hybridized carbons (Fsp3) is 0.429. The lowest BCUT2D eigenvalue weighted by atomic mass is 10.0. The number of benzene rings is 1. The maximum atomic E-state index is 9.90. The lowest BCUT2D eigenvalue weighted by Crippen LogP contribution is -2.26. The minimum absolute atomic E-state index is 0.286. The van der Waals surface area contributed by atoms with Gasteiger partial charge in [-0.2, -0.15) is 9.36 Å². The third kappa shape index (κ3) is 3.75. The molecule has 0 bridgehead atoms. The van der Waals surface area contributed by atoms with E-state index in [2.05, 4.69) is 21.6 Å². The molecule has 0 aliphatic heterocycles. The van der Waals surface area contributed by atoms with E-state index in [1.54, 1.807) is 0 Å². The molecule has 2 rings (SSSR count). The number of aromatic nitrogens is 2. The Labute approximate surface area is 117 Å². The minimum Gasteiger partial charge on any atom is -0.391 e. The fourth-order valence-corrected chi connectivity index (χ4v) is 2.26. The molecular weight excluding hydrogens is 258 g/mol. The Morgan fingerprint density at radius 3 is 2.74 bits per heavy atom. The predicted octanol–water partition coefficient (Wildman–Crippen LogP) is 3.02. The summed E-state index contributed by atoms with van der Waals surface area (Å²) in [4.78, 5) is 4.42. The molecule has 2 unspecified atom stereocenters. The van der Waals surface area contributed by atoms with Crippen LogP contribution >= 0.6 is 11.5 Å². The molecule has 2 atom stereocenters. The Morgan fingerprint density at radius 1 is 1.32 bits per heavy atom. The van der Waals surface area contributed by atoms with Gasteiger partial charge in [-0.15, -0.1) is 0 Å². The highest BCUT2D eigenvalue weighted by Crippen LogP contribution is 2.20. The number of nitrogens with zero attached hydrogens (tertiary/aromatic N) is 2. The molecule has 0 aliphatic rings. The SMILES string of the molecule is CCC(C)C(O)CNc1nc(-c2ccccc2)ns1.